The van der Waals surface area contributed by atoms with Crippen LogP contribution in [0.25, 0.3) is 0 Å². The molecule has 0 atom stereocenters. The zero-order valence-corrected chi connectivity index (χ0v) is 13.3. The van der Waals surface area contributed by atoms with Crippen LogP contribution in [0.4, 0.5) is 18.9 Å². The van der Waals surface area contributed by atoms with Gasteiger partial charge in [0.15, 0.2) is 6.61 Å². The number of ether oxygens (including phenoxy) is 2. The second-order valence-electron chi connectivity index (χ2n) is 4.57. The van der Waals surface area contributed by atoms with Gasteiger partial charge in [-0.05, 0) is 36.4 Å². The van der Waals surface area contributed by atoms with Crippen LogP contribution in [0, 0.1) is 11.3 Å². The molecule has 2 aromatic carbocycles. The summed E-state index contributed by atoms with van der Waals surface area (Å²) in [6.07, 6.45) is -5.02. The first kappa shape index (κ1) is 18.4. The number of nitrogens with one attached hydrogen (secondary N) is 1. The Bertz CT molecular complexity index is 875. The molecule has 0 radical (unpaired) electrons. The highest BCUT2D eigenvalue weighted by molar-refractivity contribution is 7.92. The Labute approximate surface area is 141 Å². The van der Waals surface area contributed by atoms with Gasteiger partial charge in [-0.3, -0.25) is 4.72 Å². The minimum Gasteiger partial charge on any atom is -0.479 e. The van der Waals surface area contributed by atoms with Gasteiger partial charge < -0.3 is 9.47 Å². The summed E-state index contributed by atoms with van der Waals surface area (Å²) in [5, 5.41) is 8.41. The first-order valence-electron chi connectivity index (χ1n) is 6.69. The summed E-state index contributed by atoms with van der Waals surface area (Å²) in [5.74, 6) is -0.498. The summed E-state index contributed by atoms with van der Waals surface area (Å²) < 4.78 is 72.8. The number of rotatable bonds is 6. The van der Waals surface area contributed by atoms with Crippen molar-refractivity contribution in [2.24, 2.45) is 0 Å². The van der Waals surface area contributed by atoms with Gasteiger partial charge in [-0.2, -0.15) is 5.26 Å². The van der Waals surface area contributed by atoms with Gasteiger partial charge in [0, 0.05) is 5.69 Å². The number of alkyl halides is 3. The lowest BCUT2D eigenvalue weighted by Gasteiger charge is -2.14. The van der Waals surface area contributed by atoms with Crippen LogP contribution in [0.5, 0.6) is 11.5 Å². The number of nitriles is 1. The summed E-state index contributed by atoms with van der Waals surface area (Å²) in [6.45, 7) is -0.173. The zero-order chi connectivity index (χ0) is 18.5. The Morgan fingerprint density at radius 2 is 1.72 bits per heavy atom. The smallest absolute Gasteiger partial charge is 0.479 e. The van der Waals surface area contributed by atoms with Gasteiger partial charge in [0.25, 0.3) is 10.0 Å². The van der Waals surface area contributed by atoms with E-state index < -0.39 is 27.0 Å². The van der Waals surface area contributed by atoms with Gasteiger partial charge in [-0.15, -0.1) is 13.2 Å². The molecule has 132 valence electrons. The van der Waals surface area contributed by atoms with Gasteiger partial charge in [-0.25, -0.2) is 8.42 Å². The average molecular weight is 372 g/mol. The number of hydrogen-bond donors (Lipinski definition) is 1. The fraction of sp³-hybridized carbons (Fsp3) is 0.133. The predicted octanol–water partition coefficient (Wildman–Crippen LogP) is 3.29. The lowest BCUT2D eigenvalue weighted by atomic mass is 10.3. The lowest BCUT2D eigenvalue weighted by molar-refractivity contribution is -0.275. The van der Waals surface area contributed by atoms with Crippen LogP contribution in [0.3, 0.4) is 0 Å². The predicted molar refractivity (Wildman–Crippen MR) is 81.5 cm³/mol. The van der Waals surface area contributed by atoms with Crippen molar-refractivity contribution in [2.45, 2.75) is 11.3 Å². The monoisotopic (exact) mass is 372 g/mol. The highest BCUT2D eigenvalue weighted by atomic mass is 32.2. The largest absolute Gasteiger partial charge is 0.573 e. The highest BCUT2D eigenvalue weighted by Gasteiger charge is 2.34. The third-order valence-corrected chi connectivity index (χ3v) is 4.20. The SMILES string of the molecule is N#CCOc1ccc(NS(=O)(=O)c2ccccc2OC(F)(F)F)cc1. The quantitative estimate of drug-likeness (QED) is 0.841. The molecule has 0 heterocycles. The van der Waals surface area contributed by atoms with Crippen LogP contribution in [-0.2, 0) is 10.0 Å². The topological polar surface area (TPSA) is 88.4 Å². The second-order valence-corrected chi connectivity index (χ2v) is 6.22. The summed E-state index contributed by atoms with van der Waals surface area (Å²) in [5.41, 5.74) is 0.103. The molecule has 25 heavy (non-hydrogen) atoms. The Kier molecular flexibility index (Phi) is 5.38. The summed E-state index contributed by atoms with van der Waals surface area (Å²) in [4.78, 5) is -0.655. The van der Waals surface area contributed by atoms with E-state index in [2.05, 4.69) is 9.46 Å². The lowest BCUT2D eigenvalue weighted by Crippen LogP contribution is -2.20. The van der Waals surface area contributed by atoms with Gasteiger partial charge in [0.2, 0.25) is 0 Å². The Balaban J connectivity index is 2.24. The minimum atomic E-state index is -5.02. The van der Waals surface area contributed by atoms with E-state index in [0.29, 0.717) is 5.75 Å². The third-order valence-electron chi connectivity index (χ3n) is 2.77. The molecule has 0 bridgehead atoms. The van der Waals surface area contributed by atoms with Crippen molar-refractivity contribution in [1.29, 1.82) is 5.26 Å². The molecule has 6 nitrogen and oxygen atoms in total. The van der Waals surface area contributed by atoms with Gasteiger partial charge in [0.1, 0.15) is 22.5 Å². The standard InChI is InChI=1S/C15H11F3N2O4S/c16-15(17,18)24-13-3-1-2-4-14(13)25(21,22)20-11-5-7-12(8-6-11)23-10-9-19/h1-8,20H,10H2. The molecule has 0 saturated heterocycles. The molecule has 0 aliphatic rings. The molecular weight excluding hydrogens is 361 g/mol. The molecule has 2 aromatic rings. The van der Waals surface area contributed by atoms with E-state index in [4.69, 9.17) is 10.00 Å². The van der Waals surface area contributed by atoms with E-state index in [0.717, 1.165) is 12.1 Å². The van der Waals surface area contributed by atoms with Crippen LogP contribution < -0.4 is 14.2 Å². The van der Waals surface area contributed by atoms with Crippen molar-refractivity contribution in [1.82, 2.24) is 0 Å². The first-order valence-corrected chi connectivity index (χ1v) is 8.17. The minimum absolute atomic E-state index is 0.103. The van der Waals surface area contributed by atoms with Crippen molar-refractivity contribution in [3.63, 3.8) is 0 Å². The van der Waals surface area contributed by atoms with E-state index >= 15 is 0 Å². The number of anilines is 1. The molecule has 0 spiro atoms. The number of hydrogen-bond acceptors (Lipinski definition) is 5. The fourth-order valence-corrected chi connectivity index (χ4v) is 3.01. The summed E-state index contributed by atoms with van der Waals surface area (Å²) >= 11 is 0. The van der Waals surface area contributed by atoms with E-state index in [-0.39, 0.29) is 12.3 Å². The summed E-state index contributed by atoms with van der Waals surface area (Å²) in [6, 6.07) is 11.7. The number of sulfonamides is 1. The van der Waals surface area contributed by atoms with Gasteiger partial charge in [-0.1, -0.05) is 12.1 Å². The molecule has 0 aliphatic heterocycles. The number of benzene rings is 2. The molecular formula is C15H11F3N2O4S. The molecule has 0 aliphatic carbocycles. The summed E-state index contributed by atoms with van der Waals surface area (Å²) in [7, 11) is -4.31. The Morgan fingerprint density at radius 3 is 2.32 bits per heavy atom. The van der Waals surface area contributed by atoms with E-state index in [1.165, 1.54) is 36.4 Å². The van der Waals surface area contributed by atoms with Crippen molar-refractivity contribution in [3.8, 4) is 17.6 Å². The van der Waals surface area contributed by atoms with Gasteiger partial charge >= 0.3 is 6.36 Å². The zero-order valence-electron chi connectivity index (χ0n) is 12.4. The highest BCUT2D eigenvalue weighted by Crippen LogP contribution is 2.30. The van der Waals surface area contributed by atoms with Crippen molar-refractivity contribution in [3.05, 3.63) is 48.5 Å². The van der Waals surface area contributed by atoms with Crippen LogP contribution in [0.2, 0.25) is 0 Å². The van der Waals surface area contributed by atoms with Crippen LogP contribution in [-0.4, -0.2) is 21.4 Å². The van der Waals surface area contributed by atoms with Crippen LogP contribution >= 0.6 is 0 Å². The molecule has 2 rings (SSSR count). The number of para-hydroxylation sites is 1. The fourth-order valence-electron chi connectivity index (χ4n) is 1.83. The normalized spacial score (nSPS) is 11.4. The van der Waals surface area contributed by atoms with Crippen LogP contribution in [0.15, 0.2) is 53.4 Å². The maximum absolute atomic E-state index is 12.4. The molecule has 1 N–H and O–H groups in total. The van der Waals surface area contributed by atoms with E-state index in [1.54, 1.807) is 6.07 Å². The number of nitrogens with zero attached hydrogens (tertiary/aromatic N) is 1. The van der Waals surface area contributed by atoms with E-state index in [9.17, 15) is 21.6 Å². The van der Waals surface area contributed by atoms with Gasteiger partial charge in [0.05, 0.1) is 0 Å². The van der Waals surface area contributed by atoms with Crippen LogP contribution in [0.1, 0.15) is 0 Å². The Morgan fingerprint density at radius 1 is 1.08 bits per heavy atom. The van der Waals surface area contributed by atoms with Crippen molar-refractivity contribution < 1.29 is 31.1 Å². The van der Waals surface area contributed by atoms with Crippen molar-refractivity contribution >= 4 is 15.7 Å². The third kappa shape index (κ3) is 5.29. The van der Waals surface area contributed by atoms with Crippen molar-refractivity contribution in [2.75, 3.05) is 11.3 Å². The second kappa shape index (κ2) is 7.31. The molecule has 0 saturated carbocycles. The maximum Gasteiger partial charge on any atom is 0.573 e. The molecule has 0 fully saturated rings. The number of halogens is 3. The van der Waals surface area contributed by atoms with E-state index in [1.807, 2.05) is 0 Å². The Hall–Kier alpha value is -2.93. The average Bonchev–Trinajstić information content (AvgIpc) is 2.53. The molecule has 0 unspecified atom stereocenters. The molecule has 0 amide bonds. The molecule has 0 aromatic heterocycles. The first-order chi connectivity index (χ1) is 11.7. The molecule has 10 heteroatoms. The maximum atomic E-state index is 12.4.